The fraction of sp³-hybridized carbons (Fsp3) is 0.533. The average Bonchev–Trinajstić information content (AvgIpc) is 3.21. The number of nitrogens with zero attached hydrogens (tertiary/aromatic N) is 1. The molecule has 102 valence electrons. The summed E-state index contributed by atoms with van der Waals surface area (Å²) in [5.41, 5.74) is 0.842. The van der Waals surface area contributed by atoms with Crippen LogP contribution in [0, 0.1) is 17.8 Å². The highest BCUT2D eigenvalue weighted by Crippen LogP contribution is 2.28. The van der Waals surface area contributed by atoms with Crippen LogP contribution in [0.3, 0.4) is 0 Å². The van der Waals surface area contributed by atoms with Gasteiger partial charge in [0.25, 0.3) is 0 Å². The lowest BCUT2D eigenvalue weighted by molar-refractivity contribution is 0.0919. The molecule has 1 aliphatic carbocycles. The van der Waals surface area contributed by atoms with Crippen molar-refractivity contribution >= 4 is 5.82 Å². The number of hydrogen-bond donors (Lipinski definition) is 1. The number of methoxy groups -OCH3 is 1. The van der Waals surface area contributed by atoms with Crippen molar-refractivity contribution in [1.29, 1.82) is 0 Å². The second-order valence-electron chi connectivity index (χ2n) is 4.74. The van der Waals surface area contributed by atoms with Crippen LogP contribution in [0.15, 0.2) is 12.3 Å². The van der Waals surface area contributed by atoms with Gasteiger partial charge in [-0.1, -0.05) is 11.8 Å². The third-order valence-electron chi connectivity index (χ3n) is 2.84. The molecule has 0 amide bonds. The number of anilines is 1. The topological polar surface area (TPSA) is 43.4 Å². The molecule has 0 saturated heterocycles. The Hall–Kier alpha value is -1.73. The first-order valence-corrected chi connectivity index (χ1v) is 6.58. The van der Waals surface area contributed by atoms with Crippen LogP contribution >= 0.6 is 0 Å². The van der Waals surface area contributed by atoms with Gasteiger partial charge < -0.3 is 14.8 Å². The summed E-state index contributed by atoms with van der Waals surface area (Å²) in [6.07, 6.45) is 4.17. The smallest absolute Gasteiger partial charge is 0.140 e. The maximum absolute atomic E-state index is 5.87. The van der Waals surface area contributed by atoms with E-state index in [2.05, 4.69) is 22.1 Å². The van der Waals surface area contributed by atoms with Crippen molar-refractivity contribution in [2.75, 3.05) is 26.1 Å². The van der Waals surface area contributed by atoms with Gasteiger partial charge in [0, 0.05) is 32.3 Å². The van der Waals surface area contributed by atoms with E-state index in [1.54, 1.807) is 13.3 Å². The zero-order valence-electron chi connectivity index (χ0n) is 11.7. The SMILES string of the molecule is CNc1cc(OC(C)COC)c(C#CC2CC2)cn1. The van der Waals surface area contributed by atoms with E-state index in [4.69, 9.17) is 9.47 Å². The van der Waals surface area contributed by atoms with Gasteiger partial charge in [0.2, 0.25) is 0 Å². The van der Waals surface area contributed by atoms with E-state index >= 15 is 0 Å². The van der Waals surface area contributed by atoms with Crippen molar-refractivity contribution < 1.29 is 9.47 Å². The van der Waals surface area contributed by atoms with Gasteiger partial charge in [-0.2, -0.15) is 0 Å². The fourth-order valence-electron chi connectivity index (χ4n) is 1.66. The van der Waals surface area contributed by atoms with E-state index in [1.807, 2.05) is 20.0 Å². The maximum Gasteiger partial charge on any atom is 0.140 e. The lowest BCUT2D eigenvalue weighted by atomic mass is 10.2. The molecule has 0 bridgehead atoms. The van der Waals surface area contributed by atoms with Crippen molar-refractivity contribution in [3.05, 3.63) is 17.8 Å². The standard InChI is InChI=1S/C15H20N2O2/c1-11(10-18-3)19-14-8-15(16-2)17-9-13(14)7-6-12-4-5-12/h8-9,11-12H,4-5,10H2,1-3H3,(H,16,17). The Bertz CT molecular complexity index is 487. The van der Waals surface area contributed by atoms with Gasteiger partial charge in [-0.05, 0) is 19.8 Å². The number of nitrogens with one attached hydrogen (secondary N) is 1. The lowest BCUT2D eigenvalue weighted by Crippen LogP contribution is -2.18. The molecule has 1 fully saturated rings. The summed E-state index contributed by atoms with van der Waals surface area (Å²) in [5.74, 6) is 8.50. The largest absolute Gasteiger partial charge is 0.487 e. The lowest BCUT2D eigenvalue weighted by Gasteiger charge is -2.15. The molecular formula is C15H20N2O2. The molecule has 0 spiro atoms. The summed E-state index contributed by atoms with van der Waals surface area (Å²) in [6.45, 7) is 2.52. The van der Waals surface area contributed by atoms with Gasteiger partial charge in [-0.25, -0.2) is 4.98 Å². The molecule has 0 aromatic carbocycles. The molecule has 19 heavy (non-hydrogen) atoms. The molecule has 0 aliphatic heterocycles. The fourth-order valence-corrected chi connectivity index (χ4v) is 1.66. The van der Waals surface area contributed by atoms with E-state index in [9.17, 15) is 0 Å². The van der Waals surface area contributed by atoms with Gasteiger partial charge >= 0.3 is 0 Å². The zero-order chi connectivity index (χ0) is 13.7. The van der Waals surface area contributed by atoms with Gasteiger partial charge in [-0.15, -0.1) is 0 Å². The second kappa shape index (κ2) is 6.44. The van der Waals surface area contributed by atoms with Crippen LogP contribution < -0.4 is 10.1 Å². The molecule has 0 radical (unpaired) electrons. The Morgan fingerprint density at radius 2 is 2.32 bits per heavy atom. The van der Waals surface area contributed by atoms with Crippen molar-refractivity contribution in [3.8, 4) is 17.6 Å². The molecule has 4 heteroatoms. The van der Waals surface area contributed by atoms with Crippen LogP contribution in [0.1, 0.15) is 25.3 Å². The zero-order valence-corrected chi connectivity index (χ0v) is 11.7. The molecule has 1 N–H and O–H groups in total. The van der Waals surface area contributed by atoms with Crippen molar-refractivity contribution in [2.45, 2.75) is 25.9 Å². The first kappa shape index (κ1) is 13.7. The Kier molecular flexibility index (Phi) is 4.64. The van der Waals surface area contributed by atoms with Crippen LogP contribution in [0.4, 0.5) is 5.82 Å². The highest BCUT2D eigenvalue weighted by molar-refractivity contribution is 5.51. The molecule has 1 aromatic heterocycles. The van der Waals surface area contributed by atoms with Gasteiger partial charge in [0.15, 0.2) is 0 Å². The van der Waals surface area contributed by atoms with Crippen molar-refractivity contribution in [1.82, 2.24) is 4.98 Å². The van der Waals surface area contributed by atoms with E-state index in [1.165, 1.54) is 12.8 Å². The van der Waals surface area contributed by atoms with Gasteiger partial charge in [0.05, 0.1) is 12.2 Å². The third-order valence-corrected chi connectivity index (χ3v) is 2.84. The first-order chi connectivity index (χ1) is 9.22. The quantitative estimate of drug-likeness (QED) is 0.825. The number of rotatable bonds is 5. The van der Waals surface area contributed by atoms with Crippen molar-refractivity contribution in [3.63, 3.8) is 0 Å². The van der Waals surface area contributed by atoms with Gasteiger partial charge in [-0.3, -0.25) is 0 Å². The monoisotopic (exact) mass is 260 g/mol. The minimum absolute atomic E-state index is 0.0152. The molecule has 1 atom stereocenters. The Balaban J connectivity index is 2.18. The van der Waals surface area contributed by atoms with E-state index in [-0.39, 0.29) is 6.10 Å². The minimum atomic E-state index is -0.0152. The van der Waals surface area contributed by atoms with Crippen LogP contribution in [-0.4, -0.2) is 31.9 Å². The summed E-state index contributed by atoms with van der Waals surface area (Å²) < 4.78 is 11.0. The summed E-state index contributed by atoms with van der Waals surface area (Å²) in [7, 11) is 3.50. The van der Waals surface area contributed by atoms with Crippen LogP contribution in [0.2, 0.25) is 0 Å². The molecule has 4 nitrogen and oxygen atoms in total. The second-order valence-corrected chi connectivity index (χ2v) is 4.74. The molecule has 1 heterocycles. The normalized spacial score (nSPS) is 15.3. The summed E-state index contributed by atoms with van der Waals surface area (Å²) in [6, 6.07) is 1.88. The van der Waals surface area contributed by atoms with E-state index in [0.29, 0.717) is 12.5 Å². The number of aromatic nitrogens is 1. The first-order valence-electron chi connectivity index (χ1n) is 6.58. The van der Waals surface area contributed by atoms with E-state index in [0.717, 1.165) is 17.1 Å². The van der Waals surface area contributed by atoms with Crippen molar-refractivity contribution in [2.24, 2.45) is 5.92 Å². The van der Waals surface area contributed by atoms with Gasteiger partial charge in [0.1, 0.15) is 17.7 Å². The Labute approximate surface area is 114 Å². The minimum Gasteiger partial charge on any atom is -0.487 e. The molecule has 1 saturated carbocycles. The number of pyridine rings is 1. The van der Waals surface area contributed by atoms with Crippen LogP contribution in [0.25, 0.3) is 0 Å². The summed E-state index contributed by atoms with van der Waals surface area (Å²) >= 11 is 0. The van der Waals surface area contributed by atoms with Crippen LogP contribution in [-0.2, 0) is 4.74 Å². The average molecular weight is 260 g/mol. The third kappa shape index (κ3) is 4.15. The molecular weight excluding hydrogens is 240 g/mol. The molecule has 1 unspecified atom stereocenters. The molecule has 1 aliphatic rings. The summed E-state index contributed by atoms with van der Waals surface area (Å²) in [4.78, 5) is 4.28. The predicted octanol–water partition coefficient (Wildman–Crippen LogP) is 2.30. The number of ether oxygens (including phenoxy) is 2. The maximum atomic E-state index is 5.87. The highest BCUT2D eigenvalue weighted by atomic mass is 16.5. The van der Waals surface area contributed by atoms with E-state index < -0.39 is 0 Å². The van der Waals surface area contributed by atoms with Crippen LogP contribution in [0.5, 0.6) is 5.75 Å². The Morgan fingerprint density at radius 1 is 1.53 bits per heavy atom. The number of hydrogen-bond acceptors (Lipinski definition) is 4. The predicted molar refractivity (Wildman–Crippen MR) is 75.4 cm³/mol. The summed E-state index contributed by atoms with van der Waals surface area (Å²) in [5, 5.41) is 3.01. The Morgan fingerprint density at radius 3 is 2.95 bits per heavy atom. The molecule has 1 aromatic rings. The molecule has 2 rings (SSSR count). The highest BCUT2D eigenvalue weighted by Gasteiger charge is 2.18.